The number of nitrogens with one attached hydrogen (secondary N) is 1. The molecule has 0 spiro atoms. The van der Waals surface area contributed by atoms with Gasteiger partial charge < -0.3 is 20.3 Å². The standard InChI is InChI=1S/C58H99NO5/c1-4-7-10-13-16-19-22-24-26-27-28-29-31-33-36-39-42-45-48-51-58(63)64-54(49-46-43-40-37-35-32-30-25-23-20-17-14-11-8-5-2)52-57(62)59-55(53-60)56(61)50-47-44-41-38-34-21-18-15-12-9-6-3/h8,11,16-17,19-20,24-26,28-30,35,37,43,46,54-56,60-61H,4-7,9-10,12-15,18,21-23,27,31-34,36,38-42,44-45,47-53H2,1-3H3,(H,59,62)/b11-8-,19-16-,20-17-,26-24-,29-28-,30-25-,37-35-,46-43-. The van der Waals surface area contributed by atoms with Crippen molar-refractivity contribution in [3.05, 3.63) is 97.2 Å². The molecule has 366 valence electrons. The van der Waals surface area contributed by atoms with Gasteiger partial charge in [-0.1, -0.05) is 227 Å². The molecule has 0 saturated carbocycles. The molecule has 3 N–H and O–H groups in total. The second kappa shape index (κ2) is 50.8. The topological polar surface area (TPSA) is 95.9 Å². The number of allylic oxidation sites excluding steroid dienone is 15. The van der Waals surface area contributed by atoms with E-state index in [4.69, 9.17) is 4.74 Å². The van der Waals surface area contributed by atoms with Crippen LogP contribution in [0.3, 0.4) is 0 Å². The van der Waals surface area contributed by atoms with Gasteiger partial charge in [-0.2, -0.15) is 0 Å². The SMILES string of the molecule is CC/C=C\C/C=C\C/C=C\C/C=C\C/C=C\CC(CC(=O)NC(CO)C(O)CCCCCCCCCCCCC)OC(=O)CCCCCCCC/C=C\C/C=C\C/C=C\CCCCC. The maximum absolute atomic E-state index is 13.2. The molecule has 0 radical (unpaired) electrons. The van der Waals surface area contributed by atoms with Gasteiger partial charge in [0.2, 0.25) is 5.91 Å². The molecule has 0 aromatic carbocycles. The van der Waals surface area contributed by atoms with Crippen LogP contribution >= 0.6 is 0 Å². The minimum Gasteiger partial charge on any atom is -0.461 e. The third kappa shape index (κ3) is 45.4. The number of rotatable bonds is 46. The second-order valence-corrected chi connectivity index (χ2v) is 17.5. The number of amides is 1. The van der Waals surface area contributed by atoms with Crippen molar-refractivity contribution < 1.29 is 24.5 Å². The van der Waals surface area contributed by atoms with E-state index in [-0.39, 0.29) is 24.9 Å². The van der Waals surface area contributed by atoms with E-state index in [1.807, 2.05) is 12.2 Å². The molecule has 64 heavy (non-hydrogen) atoms. The van der Waals surface area contributed by atoms with Crippen LogP contribution in [0, 0.1) is 0 Å². The number of aliphatic hydroxyl groups excluding tert-OH is 2. The van der Waals surface area contributed by atoms with Gasteiger partial charge in [0.25, 0.3) is 0 Å². The molecule has 0 aliphatic heterocycles. The van der Waals surface area contributed by atoms with Crippen molar-refractivity contribution in [2.45, 2.75) is 251 Å². The van der Waals surface area contributed by atoms with E-state index in [9.17, 15) is 19.8 Å². The molecule has 0 aromatic rings. The summed E-state index contributed by atoms with van der Waals surface area (Å²) in [5, 5.41) is 23.7. The lowest BCUT2D eigenvalue weighted by Crippen LogP contribution is -2.46. The Bertz CT molecular complexity index is 1270. The van der Waals surface area contributed by atoms with Gasteiger partial charge in [-0.15, -0.1) is 0 Å². The van der Waals surface area contributed by atoms with Crippen molar-refractivity contribution in [3.8, 4) is 0 Å². The molecule has 6 nitrogen and oxygen atoms in total. The normalized spacial score (nSPS) is 14.0. The molecule has 0 fully saturated rings. The molecule has 6 heteroatoms. The summed E-state index contributed by atoms with van der Waals surface area (Å²) in [5.74, 6) is -0.600. The van der Waals surface area contributed by atoms with Gasteiger partial charge in [-0.05, 0) is 83.5 Å². The van der Waals surface area contributed by atoms with Gasteiger partial charge >= 0.3 is 5.97 Å². The first-order valence-electron chi connectivity index (χ1n) is 26.5. The zero-order chi connectivity index (χ0) is 46.7. The van der Waals surface area contributed by atoms with Gasteiger partial charge in [0.05, 0.1) is 25.2 Å². The lowest BCUT2D eigenvalue weighted by molar-refractivity contribution is -0.150. The van der Waals surface area contributed by atoms with Crippen LogP contribution in [0.15, 0.2) is 97.2 Å². The zero-order valence-corrected chi connectivity index (χ0v) is 41.6. The number of carbonyl (C=O) groups excluding carboxylic acids is 2. The van der Waals surface area contributed by atoms with Gasteiger partial charge in [0, 0.05) is 12.8 Å². The summed E-state index contributed by atoms with van der Waals surface area (Å²) in [6, 6.07) is -0.740. The largest absolute Gasteiger partial charge is 0.461 e. The highest BCUT2D eigenvalue weighted by molar-refractivity contribution is 5.77. The van der Waals surface area contributed by atoms with Crippen LogP contribution in [0.5, 0.6) is 0 Å². The molecule has 3 unspecified atom stereocenters. The minimum absolute atomic E-state index is 0.0109. The molecule has 0 heterocycles. The van der Waals surface area contributed by atoms with Crippen LogP contribution < -0.4 is 5.32 Å². The van der Waals surface area contributed by atoms with Crippen LogP contribution in [-0.4, -0.2) is 46.9 Å². The highest BCUT2D eigenvalue weighted by atomic mass is 16.5. The number of esters is 1. The molecule has 0 saturated heterocycles. The summed E-state index contributed by atoms with van der Waals surface area (Å²) in [5.41, 5.74) is 0. The summed E-state index contributed by atoms with van der Waals surface area (Å²) in [6.45, 7) is 6.30. The molecule has 0 aliphatic carbocycles. The average Bonchev–Trinajstić information content (AvgIpc) is 3.29. The summed E-state index contributed by atoms with van der Waals surface area (Å²) < 4.78 is 5.87. The van der Waals surface area contributed by atoms with Crippen LogP contribution in [0.4, 0.5) is 0 Å². The molecule has 0 bridgehead atoms. The Morgan fingerprint density at radius 1 is 0.484 bits per heavy atom. The summed E-state index contributed by atoms with van der Waals surface area (Å²) in [4.78, 5) is 26.1. The van der Waals surface area contributed by atoms with Crippen molar-refractivity contribution in [3.63, 3.8) is 0 Å². The van der Waals surface area contributed by atoms with E-state index in [0.29, 0.717) is 19.3 Å². The third-order valence-electron chi connectivity index (χ3n) is 11.4. The molecule has 1 amide bonds. The molecule has 3 atom stereocenters. The first kappa shape index (κ1) is 60.8. The van der Waals surface area contributed by atoms with Crippen molar-refractivity contribution in [1.29, 1.82) is 0 Å². The van der Waals surface area contributed by atoms with Gasteiger partial charge in [0.15, 0.2) is 0 Å². The number of hydrogen-bond donors (Lipinski definition) is 3. The van der Waals surface area contributed by atoms with Crippen LogP contribution in [0.1, 0.15) is 233 Å². The Morgan fingerprint density at radius 2 is 0.875 bits per heavy atom. The number of ether oxygens (including phenoxy) is 1. The van der Waals surface area contributed by atoms with E-state index in [0.717, 1.165) is 96.3 Å². The monoisotopic (exact) mass is 890 g/mol. The van der Waals surface area contributed by atoms with E-state index in [2.05, 4.69) is 111 Å². The van der Waals surface area contributed by atoms with Crippen molar-refractivity contribution >= 4 is 11.9 Å². The third-order valence-corrected chi connectivity index (χ3v) is 11.4. The summed E-state index contributed by atoms with van der Waals surface area (Å²) in [6.07, 6.45) is 67.7. The van der Waals surface area contributed by atoms with Crippen LogP contribution in [0.25, 0.3) is 0 Å². The lowest BCUT2D eigenvalue weighted by Gasteiger charge is -2.24. The Balaban J connectivity index is 4.73. The Kier molecular flexibility index (Phi) is 48.2. The number of unbranched alkanes of at least 4 members (excludes halogenated alkanes) is 19. The van der Waals surface area contributed by atoms with Crippen molar-refractivity contribution in [1.82, 2.24) is 5.32 Å². The van der Waals surface area contributed by atoms with E-state index >= 15 is 0 Å². The molecule has 0 aromatic heterocycles. The molecule has 0 rings (SSSR count). The average molecular weight is 890 g/mol. The lowest BCUT2D eigenvalue weighted by atomic mass is 10.0. The predicted octanol–water partition coefficient (Wildman–Crippen LogP) is 16.1. The summed E-state index contributed by atoms with van der Waals surface area (Å²) in [7, 11) is 0. The molecular formula is C58H99NO5. The quantitative estimate of drug-likeness (QED) is 0.0321. The predicted molar refractivity (Wildman–Crippen MR) is 277 cm³/mol. The fourth-order valence-corrected chi connectivity index (χ4v) is 7.40. The van der Waals surface area contributed by atoms with E-state index in [1.54, 1.807) is 0 Å². The maximum Gasteiger partial charge on any atom is 0.306 e. The first-order chi connectivity index (χ1) is 31.5. The van der Waals surface area contributed by atoms with Crippen LogP contribution in [0.2, 0.25) is 0 Å². The fourth-order valence-electron chi connectivity index (χ4n) is 7.40. The van der Waals surface area contributed by atoms with Gasteiger partial charge in [-0.25, -0.2) is 0 Å². The number of carbonyl (C=O) groups is 2. The van der Waals surface area contributed by atoms with Gasteiger partial charge in [-0.3, -0.25) is 9.59 Å². The number of hydrogen-bond acceptors (Lipinski definition) is 5. The van der Waals surface area contributed by atoms with Crippen molar-refractivity contribution in [2.24, 2.45) is 0 Å². The highest BCUT2D eigenvalue weighted by Gasteiger charge is 2.23. The van der Waals surface area contributed by atoms with Crippen LogP contribution in [-0.2, 0) is 14.3 Å². The minimum atomic E-state index is -0.819. The summed E-state index contributed by atoms with van der Waals surface area (Å²) >= 11 is 0. The van der Waals surface area contributed by atoms with Gasteiger partial charge in [0.1, 0.15) is 6.10 Å². The first-order valence-corrected chi connectivity index (χ1v) is 26.5. The smallest absolute Gasteiger partial charge is 0.306 e. The maximum atomic E-state index is 13.2. The zero-order valence-electron chi connectivity index (χ0n) is 41.6. The van der Waals surface area contributed by atoms with Crippen molar-refractivity contribution in [2.75, 3.05) is 6.61 Å². The van der Waals surface area contributed by atoms with E-state index in [1.165, 1.54) is 89.9 Å². The second-order valence-electron chi connectivity index (χ2n) is 17.5. The fraction of sp³-hybridized carbons (Fsp3) is 0.690. The Labute approximate surface area is 395 Å². The highest BCUT2D eigenvalue weighted by Crippen LogP contribution is 2.16. The molecule has 0 aliphatic rings. The Hall–Kier alpha value is -3.22. The number of aliphatic hydroxyl groups is 2. The van der Waals surface area contributed by atoms with E-state index < -0.39 is 18.2 Å². The Morgan fingerprint density at radius 3 is 1.36 bits per heavy atom. The molecular weight excluding hydrogens is 791 g/mol.